The van der Waals surface area contributed by atoms with Gasteiger partial charge in [0.2, 0.25) is 0 Å². The molecule has 1 aromatic carbocycles. The summed E-state index contributed by atoms with van der Waals surface area (Å²) in [5.74, 6) is -1.18. The number of hydrogen-bond donors (Lipinski definition) is 0. The highest BCUT2D eigenvalue weighted by molar-refractivity contribution is 6.39. The van der Waals surface area contributed by atoms with E-state index >= 15 is 0 Å². The third kappa shape index (κ3) is 1.81. The van der Waals surface area contributed by atoms with Crippen molar-refractivity contribution >= 4 is 40.1 Å². The van der Waals surface area contributed by atoms with Crippen LogP contribution < -0.4 is 0 Å². The summed E-state index contributed by atoms with van der Waals surface area (Å²) in [7, 11) is 0. The zero-order valence-corrected chi connectivity index (χ0v) is 9.22. The molecule has 0 N–H and O–H groups in total. The Morgan fingerprint density at radius 3 is 2.81 bits per heavy atom. The maximum Gasteiger partial charge on any atom is 0.382 e. The van der Waals surface area contributed by atoms with Crippen LogP contribution in [0.5, 0.6) is 0 Å². The second-order valence-corrected chi connectivity index (χ2v) is 3.83. The number of aromatic nitrogens is 1. The largest absolute Gasteiger partial charge is 0.382 e. The maximum absolute atomic E-state index is 11.8. The molecule has 0 bridgehead atoms. The minimum atomic E-state index is -1.18. The molecule has 0 atom stereocenters. The number of rotatable bonds is 1. The Hall–Kier alpha value is -1.39. The molecule has 82 valence electrons. The first-order chi connectivity index (χ1) is 7.63. The molecular weight excluding hydrogens is 256 g/mol. The van der Waals surface area contributed by atoms with Gasteiger partial charge in [-0.25, -0.2) is 9.74 Å². The number of fused-ring (bicyclic) bond motifs is 1. The van der Waals surface area contributed by atoms with Crippen molar-refractivity contribution in [2.24, 2.45) is 0 Å². The molecule has 0 aliphatic heterocycles. The first kappa shape index (κ1) is 11.1. The van der Waals surface area contributed by atoms with Crippen molar-refractivity contribution in [2.75, 3.05) is 0 Å². The molecule has 0 aliphatic carbocycles. The average Bonchev–Trinajstić information content (AvgIpc) is 2.29. The van der Waals surface area contributed by atoms with E-state index in [9.17, 15) is 9.32 Å². The average molecular weight is 260 g/mol. The Morgan fingerprint density at radius 2 is 2.12 bits per heavy atom. The number of carbonyl (C=O) groups excluding carboxylic acids is 1. The van der Waals surface area contributed by atoms with Crippen LogP contribution in [0.15, 0.2) is 24.4 Å². The first-order valence-corrected chi connectivity index (χ1v) is 4.95. The van der Waals surface area contributed by atoms with E-state index in [0.717, 1.165) is 6.20 Å². The lowest BCUT2D eigenvalue weighted by atomic mass is 10.1. The fraction of sp³-hybridized carbons (Fsp3) is 0. The standard InChI is InChI=1S/C10H4Cl2FNO2/c11-5-1-2-8-6(3-5)9(12)7(4-14-8)10(15)16-13/h1-4H. The molecule has 0 aliphatic rings. The lowest BCUT2D eigenvalue weighted by Gasteiger charge is -2.03. The van der Waals surface area contributed by atoms with Gasteiger partial charge < -0.3 is 0 Å². The molecule has 1 heterocycles. The zero-order chi connectivity index (χ0) is 11.7. The Morgan fingerprint density at radius 1 is 1.38 bits per heavy atom. The highest BCUT2D eigenvalue weighted by Crippen LogP contribution is 2.28. The van der Waals surface area contributed by atoms with Gasteiger partial charge in [0.25, 0.3) is 0 Å². The molecule has 1 aromatic heterocycles. The number of pyridine rings is 1. The molecule has 0 unspecified atom stereocenters. The van der Waals surface area contributed by atoms with Gasteiger partial charge in [-0.15, -0.1) is 0 Å². The summed E-state index contributed by atoms with van der Waals surface area (Å²) in [5.41, 5.74) is 0.420. The predicted molar refractivity (Wildman–Crippen MR) is 58.3 cm³/mol. The Bertz CT molecular complexity index is 574. The summed E-state index contributed by atoms with van der Waals surface area (Å²) >= 11 is 11.7. The zero-order valence-electron chi connectivity index (χ0n) is 7.71. The van der Waals surface area contributed by atoms with Gasteiger partial charge in [0.15, 0.2) is 0 Å². The lowest BCUT2D eigenvalue weighted by Crippen LogP contribution is -2.01. The van der Waals surface area contributed by atoms with Gasteiger partial charge in [0, 0.05) is 21.1 Å². The van der Waals surface area contributed by atoms with E-state index in [0.29, 0.717) is 15.9 Å². The van der Waals surface area contributed by atoms with Gasteiger partial charge in [-0.2, -0.15) is 0 Å². The van der Waals surface area contributed by atoms with E-state index in [1.54, 1.807) is 18.2 Å². The fourth-order valence-corrected chi connectivity index (χ4v) is 1.77. The minimum absolute atomic E-state index is 0.0650. The maximum atomic E-state index is 11.8. The van der Waals surface area contributed by atoms with Crippen molar-refractivity contribution in [3.05, 3.63) is 40.0 Å². The van der Waals surface area contributed by atoms with Gasteiger partial charge in [-0.05, 0) is 18.2 Å². The van der Waals surface area contributed by atoms with Crippen molar-refractivity contribution in [2.45, 2.75) is 0 Å². The first-order valence-electron chi connectivity index (χ1n) is 4.20. The number of nitrogens with zero attached hydrogens (tertiary/aromatic N) is 1. The SMILES string of the molecule is O=C(OF)c1cnc2ccc(Cl)cc2c1Cl. The van der Waals surface area contributed by atoms with E-state index < -0.39 is 5.97 Å². The van der Waals surface area contributed by atoms with Gasteiger partial charge in [-0.3, -0.25) is 4.98 Å². The molecule has 3 nitrogen and oxygen atoms in total. The van der Waals surface area contributed by atoms with Crippen molar-refractivity contribution in [1.82, 2.24) is 4.98 Å². The van der Waals surface area contributed by atoms with E-state index in [4.69, 9.17) is 23.2 Å². The predicted octanol–water partition coefficient (Wildman–Crippen LogP) is 3.58. The molecular formula is C10H4Cl2FNO2. The molecule has 0 amide bonds. The molecule has 6 heteroatoms. The Labute approximate surface area is 99.6 Å². The van der Waals surface area contributed by atoms with Crippen LogP contribution in [-0.2, 0) is 4.94 Å². The molecule has 2 aromatic rings. The van der Waals surface area contributed by atoms with Gasteiger partial charge in [-0.1, -0.05) is 23.2 Å². The summed E-state index contributed by atoms with van der Waals surface area (Å²) in [5, 5.41) is 0.981. The van der Waals surface area contributed by atoms with Crippen molar-refractivity contribution in [3.63, 3.8) is 0 Å². The van der Waals surface area contributed by atoms with Crippen LogP contribution in [0.4, 0.5) is 4.53 Å². The second kappa shape index (κ2) is 4.23. The van der Waals surface area contributed by atoms with Crippen LogP contribution in [0.3, 0.4) is 0 Å². The summed E-state index contributed by atoms with van der Waals surface area (Å²) in [6.07, 6.45) is 1.15. The number of benzene rings is 1. The number of hydrogen-bond acceptors (Lipinski definition) is 3. The molecule has 0 saturated heterocycles. The van der Waals surface area contributed by atoms with Crippen molar-refractivity contribution in [3.8, 4) is 0 Å². The minimum Gasteiger partial charge on any atom is -0.255 e. The summed E-state index contributed by atoms with van der Waals surface area (Å²) < 4.78 is 11.8. The topological polar surface area (TPSA) is 39.2 Å². The van der Waals surface area contributed by atoms with Crippen LogP contribution in [0, 0.1) is 0 Å². The quantitative estimate of drug-likeness (QED) is 0.786. The number of carbonyl (C=O) groups is 1. The van der Waals surface area contributed by atoms with E-state index in [1.165, 1.54) is 0 Å². The van der Waals surface area contributed by atoms with Gasteiger partial charge in [0.05, 0.1) is 10.5 Å². The van der Waals surface area contributed by atoms with E-state index in [2.05, 4.69) is 9.93 Å². The smallest absolute Gasteiger partial charge is 0.255 e. The van der Waals surface area contributed by atoms with Gasteiger partial charge >= 0.3 is 5.97 Å². The van der Waals surface area contributed by atoms with Crippen LogP contribution in [0.2, 0.25) is 10.0 Å². The Kier molecular flexibility index (Phi) is 2.94. The van der Waals surface area contributed by atoms with Crippen LogP contribution in [-0.4, -0.2) is 11.0 Å². The van der Waals surface area contributed by atoms with Crippen LogP contribution in [0.1, 0.15) is 10.4 Å². The van der Waals surface area contributed by atoms with E-state index in [-0.39, 0.29) is 10.6 Å². The highest BCUT2D eigenvalue weighted by Gasteiger charge is 2.16. The van der Waals surface area contributed by atoms with Crippen LogP contribution >= 0.6 is 23.2 Å². The molecule has 0 saturated carbocycles. The summed E-state index contributed by atoms with van der Waals surface area (Å²) in [6, 6.07) is 4.83. The molecule has 0 spiro atoms. The normalized spacial score (nSPS) is 10.4. The monoisotopic (exact) mass is 259 g/mol. The molecule has 16 heavy (non-hydrogen) atoms. The molecule has 0 fully saturated rings. The highest BCUT2D eigenvalue weighted by atomic mass is 35.5. The van der Waals surface area contributed by atoms with Crippen molar-refractivity contribution < 1.29 is 14.3 Å². The third-order valence-electron chi connectivity index (χ3n) is 2.05. The molecule has 2 rings (SSSR count). The summed E-state index contributed by atoms with van der Waals surface area (Å²) in [4.78, 5) is 18.0. The fourth-order valence-electron chi connectivity index (χ4n) is 1.32. The second-order valence-electron chi connectivity index (χ2n) is 3.01. The van der Waals surface area contributed by atoms with Crippen LogP contribution in [0.25, 0.3) is 10.9 Å². The van der Waals surface area contributed by atoms with E-state index in [1.807, 2.05) is 0 Å². The van der Waals surface area contributed by atoms with Gasteiger partial charge in [0.1, 0.15) is 5.56 Å². The molecule has 0 radical (unpaired) electrons. The lowest BCUT2D eigenvalue weighted by molar-refractivity contribution is -0.0788. The Balaban J connectivity index is 2.72. The van der Waals surface area contributed by atoms with Crippen molar-refractivity contribution in [1.29, 1.82) is 0 Å². The summed E-state index contributed by atoms with van der Waals surface area (Å²) in [6.45, 7) is 0. The number of halogens is 3. The third-order valence-corrected chi connectivity index (χ3v) is 2.70.